The Hall–Kier alpha value is -4.96. The molecule has 0 bridgehead atoms. The average Bonchev–Trinajstić information content (AvgIpc) is 3.45. The quantitative estimate of drug-likeness (QED) is 0.264. The third-order valence-corrected chi connectivity index (χ3v) is 6.70. The number of hydrogen-bond acceptors (Lipinski definition) is 8. The smallest absolute Gasteiger partial charge is 0.282 e. The van der Waals surface area contributed by atoms with Gasteiger partial charge in [-0.3, -0.25) is 9.59 Å². The van der Waals surface area contributed by atoms with Gasteiger partial charge in [0.2, 0.25) is 5.82 Å². The number of carbonyl (C=O) groups is 1. The molecule has 0 N–H and O–H groups in total. The van der Waals surface area contributed by atoms with E-state index in [-0.39, 0.29) is 23.9 Å². The second kappa shape index (κ2) is 11.6. The Labute approximate surface area is 235 Å². The van der Waals surface area contributed by atoms with E-state index >= 15 is 0 Å². The van der Waals surface area contributed by atoms with Crippen molar-refractivity contribution in [3.05, 3.63) is 88.7 Å². The lowest BCUT2D eigenvalue weighted by atomic mass is 10.2. The fraction of sp³-hybridized carbons (Fsp3) is 0.226. The van der Waals surface area contributed by atoms with Crippen LogP contribution >= 0.6 is 0 Å². The van der Waals surface area contributed by atoms with Crippen molar-refractivity contribution in [2.75, 3.05) is 39.5 Å². The monoisotopic (exact) mass is 552 g/mol. The van der Waals surface area contributed by atoms with Gasteiger partial charge >= 0.3 is 0 Å². The van der Waals surface area contributed by atoms with Crippen molar-refractivity contribution in [1.82, 2.24) is 14.6 Å². The number of benzene rings is 3. The molecule has 10 nitrogen and oxygen atoms in total. The minimum atomic E-state index is -0.325. The van der Waals surface area contributed by atoms with Gasteiger partial charge in [0.05, 0.1) is 36.9 Å². The van der Waals surface area contributed by atoms with Crippen molar-refractivity contribution in [2.45, 2.75) is 6.92 Å². The first-order valence-electron chi connectivity index (χ1n) is 13.4. The molecule has 208 valence electrons. The van der Waals surface area contributed by atoms with E-state index in [4.69, 9.17) is 23.6 Å². The summed E-state index contributed by atoms with van der Waals surface area (Å²) >= 11 is 0. The zero-order chi connectivity index (χ0) is 28.2. The van der Waals surface area contributed by atoms with Crippen molar-refractivity contribution < 1.29 is 23.4 Å². The molecule has 0 radical (unpaired) electrons. The number of hydrogen-bond donors (Lipinski definition) is 0. The molecule has 1 amide bonds. The van der Waals surface area contributed by atoms with Crippen LogP contribution in [0.3, 0.4) is 0 Å². The molecule has 5 aromatic rings. The molecular formula is C31H28N4O6. The number of nitrogens with zero attached hydrogens (tertiary/aromatic N) is 4. The predicted molar refractivity (Wildman–Crippen MR) is 155 cm³/mol. The van der Waals surface area contributed by atoms with Crippen molar-refractivity contribution in [3.63, 3.8) is 0 Å². The average molecular weight is 553 g/mol. The highest BCUT2D eigenvalue weighted by molar-refractivity contribution is 5.85. The minimum Gasteiger partial charge on any atom is -0.490 e. The summed E-state index contributed by atoms with van der Waals surface area (Å²) in [6, 6.07) is 21.8. The maximum atomic E-state index is 13.5. The van der Waals surface area contributed by atoms with Crippen LogP contribution in [-0.2, 0) is 9.53 Å². The first kappa shape index (κ1) is 26.3. The fourth-order valence-corrected chi connectivity index (χ4v) is 4.64. The van der Waals surface area contributed by atoms with E-state index in [2.05, 4.69) is 5.10 Å². The predicted octanol–water partition coefficient (Wildman–Crippen LogP) is 4.33. The Morgan fingerprint density at radius 1 is 1.00 bits per heavy atom. The molecule has 0 saturated carbocycles. The van der Waals surface area contributed by atoms with Gasteiger partial charge in [0.25, 0.3) is 11.5 Å². The van der Waals surface area contributed by atoms with E-state index in [9.17, 15) is 9.59 Å². The largest absolute Gasteiger partial charge is 0.490 e. The molecular weight excluding hydrogens is 524 g/mol. The molecule has 1 aliphatic rings. The van der Waals surface area contributed by atoms with E-state index in [1.54, 1.807) is 47.5 Å². The van der Waals surface area contributed by atoms with Crippen LogP contribution in [-0.4, -0.2) is 66.2 Å². The molecule has 0 unspecified atom stereocenters. The molecule has 10 heteroatoms. The highest BCUT2D eigenvalue weighted by atomic mass is 16.5. The standard InChI is InChI=1S/C31H28N4O6/c1-2-39-27-17-21(11-12-26(27)40-20-29(36)34-13-15-38-16-14-34)19-32-35-30(28-18-22-7-3-6-10-25(22)41-28)33-24-9-5-4-8-23(24)31(35)37/h3-12,17-19H,2,13-16,20H2,1H3. The molecule has 0 atom stereocenters. The molecule has 41 heavy (non-hydrogen) atoms. The van der Waals surface area contributed by atoms with E-state index in [0.29, 0.717) is 72.2 Å². The molecule has 0 spiro atoms. The van der Waals surface area contributed by atoms with Crippen LogP contribution in [0.4, 0.5) is 0 Å². The topological polar surface area (TPSA) is 108 Å². The van der Waals surface area contributed by atoms with Crippen LogP contribution in [0.1, 0.15) is 12.5 Å². The lowest BCUT2D eigenvalue weighted by molar-refractivity contribution is -0.137. The van der Waals surface area contributed by atoms with Crippen LogP contribution < -0.4 is 15.0 Å². The van der Waals surface area contributed by atoms with Gasteiger partial charge in [0.1, 0.15) is 5.58 Å². The number of morpholine rings is 1. The minimum absolute atomic E-state index is 0.105. The third-order valence-electron chi connectivity index (χ3n) is 6.70. The SMILES string of the molecule is CCOc1cc(C=Nn2c(-c3cc4ccccc4o3)nc3ccccc3c2=O)ccc1OCC(=O)N1CCOCC1. The van der Waals surface area contributed by atoms with Crippen LogP contribution in [0.25, 0.3) is 33.5 Å². The lowest BCUT2D eigenvalue weighted by Crippen LogP contribution is -2.43. The highest BCUT2D eigenvalue weighted by Crippen LogP contribution is 2.29. The zero-order valence-corrected chi connectivity index (χ0v) is 22.5. The maximum absolute atomic E-state index is 13.5. The molecule has 3 heterocycles. The summed E-state index contributed by atoms with van der Waals surface area (Å²) in [5.74, 6) is 1.51. The number of rotatable bonds is 8. The van der Waals surface area contributed by atoms with Crippen LogP contribution in [0.2, 0.25) is 0 Å². The number of amides is 1. The Bertz CT molecular complexity index is 1770. The van der Waals surface area contributed by atoms with Gasteiger partial charge in [0.15, 0.2) is 23.9 Å². The van der Waals surface area contributed by atoms with Crippen molar-refractivity contribution in [2.24, 2.45) is 5.10 Å². The molecule has 6 rings (SSSR count). The Balaban J connectivity index is 1.32. The normalized spacial score (nSPS) is 13.7. The Kier molecular flexibility index (Phi) is 7.46. The van der Waals surface area contributed by atoms with Crippen LogP contribution in [0, 0.1) is 0 Å². The van der Waals surface area contributed by atoms with Gasteiger partial charge in [-0.25, -0.2) is 4.98 Å². The van der Waals surface area contributed by atoms with E-state index in [1.165, 1.54) is 4.68 Å². The van der Waals surface area contributed by atoms with Gasteiger partial charge in [-0.15, -0.1) is 0 Å². The number of carbonyl (C=O) groups excluding carboxylic acids is 1. The van der Waals surface area contributed by atoms with Gasteiger partial charge in [-0.1, -0.05) is 30.3 Å². The fourth-order valence-electron chi connectivity index (χ4n) is 4.64. The number of aromatic nitrogens is 2. The van der Waals surface area contributed by atoms with Gasteiger partial charge < -0.3 is 23.5 Å². The number of para-hydroxylation sites is 2. The Morgan fingerprint density at radius 2 is 1.80 bits per heavy atom. The summed E-state index contributed by atoms with van der Waals surface area (Å²) in [6.45, 7) is 4.31. The van der Waals surface area contributed by atoms with Crippen molar-refractivity contribution in [3.8, 4) is 23.1 Å². The molecule has 2 aromatic heterocycles. The van der Waals surface area contributed by atoms with Gasteiger partial charge in [0, 0.05) is 18.5 Å². The second-order valence-electron chi connectivity index (χ2n) is 9.38. The zero-order valence-electron chi connectivity index (χ0n) is 22.5. The molecule has 3 aromatic carbocycles. The van der Waals surface area contributed by atoms with Gasteiger partial charge in [-0.2, -0.15) is 9.78 Å². The van der Waals surface area contributed by atoms with Crippen molar-refractivity contribution in [1.29, 1.82) is 0 Å². The van der Waals surface area contributed by atoms with Crippen molar-refractivity contribution >= 4 is 34.0 Å². The summed E-state index contributed by atoms with van der Waals surface area (Å²) in [5, 5.41) is 5.86. The molecule has 1 aliphatic heterocycles. The third kappa shape index (κ3) is 5.55. The summed E-state index contributed by atoms with van der Waals surface area (Å²) in [6.07, 6.45) is 1.55. The van der Waals surface area contributed by atoms with Gasteiger partial charge in [-0.05, 0) is 55.0 Å². The first-order chi connectivity index (χ1) is 20.1. The lowest BCUT2D eigenvalue weighted by Gasteiger charge is -2.26. The summed E-state index contributed by atoms with van der Waals surface area (Å²) < 4.78 is 24.2. The number of fused-ring (bicyclic) bond motifs is 2. The molecule has 1 saturated heterocycles. The van der Waals surface area contributed by atoms with Crippen LogP contribution in [0.5, 0.6) is 11.5 Å². The maximum Gasteiger partial charge on any atom is 0.282 e. The van der Waals surface area contributed by atoms with E-state index < -0.39 is 0 Å². The highest BCUT2D eigenvalue weighted by Gasteiger charge is 2.19. The second-order valence-corrected chi connectivity index (χ2v) is 9.38. The summed E-state index contributed by atoms with van der Waals surface area (Å²) in [7, 11) is 0. The van der Waals surface area contributed by atoms with E-state index in [0.717, 1.165) is 5.39 Å². The number of ether oxygens (including phenoxy) is 3. The Morgan fingerprint density at radius 3 is 2.63 bits per heavy atom. The summed E-state index contributed by atoms with van der Waals surface area (Å²) in [4.78, 5) is 32.5. The van der Waals surface area contributed by atoms with E-state index in [1.807, 2.05) is 43.3 Å². The molecule has 1 fully saturated rings. The molecule has 0 aliphatic carbocycles. The summed E-state index contributed by atoms with van der Waals surface area (Å²) in [5.41, 5.74) is 1.57. The first-order valence-corrected chi connectivity index (χ1v) is 13.4. The number of furan rings is 1. The van der Waals surface area contributed by atoms with Crippen LogP contribution in [0.15, 0.2) is 87.1 Å².